The van der Waals surface area contributed by atoms with Crippen LogP contribution in [0.25, 0.3) is 0 Å². The average Bonchev–Trinajstić information content (AvgIpc) is 2.38. The lowest BCUT2D eigenvalue weighted by Gasteiger charge is -2.24. The second-order valence-corrected chi connectivity index (χ2v) is 6.96. The van der Waals surface area contributed by atoms with Crippen molar-refractivity contribution in [3.8, 4) is 0 Å². The van der Waals surface area contributed by atoms with Crippen LogP contribution < -0.4 is 0 Å². The molecule has 5 nitrogen and oxygen atoms in total. The quantitative estimate of drug-likeness (QED) is 0.869. The van der Waals surface area contributed by atoms with E-state index in [-0.39, 0.29) is 15.5 Å². The molecule has 0 saturated heterocycles. The van der Waals surface area contributed by atoms with Crippen LogP contribution >= 0.6 is 11.6 Å². The monoisotopic (exact) mass is 315 g/mol. The zero-order valence-corrected chi connectivity index (χ0v) is 12.4. The first kappa shape index (κ1) is 15.0. The van der Waals surface area contributed by atoms with Gasteiger partial charge in [0.05, 0.1) is 15.5 Å². The second-order valence-electron chi connectivity index (χ2n) is 4.61. The molecule has 0 saturated carbocycles. The van der Waals surface area contributed by atoms with Crippen molar-refractivity contribution in [1.82, 2.24) is 4.31 Å². The van der Waals surface area contributed by atoms with E-state index < -0.39 is 16.0 Å². The Balaban J connectivity index is 2.35. The Morgan fingerprint density at radius 2 is 2.10 bits per heavy atom. The summed E-state index contributed by atoms with van der Waals surface area (Å²) in [7, 11) is -3.64. The fourth-order valence-electron chi connectivity index (χ4n) is 1.95. The van der Waals surface area contributed by atoms with Gasteiger partial charge in [0.1, 0.15) is 0 Å². The summed E-state index contributed by atoms with van der Waals surface area (Å²) in [5.41, 5.74) is 1.05. The highest BCUT2D eigenvalue weighted by Crippen LogP contribution is 2.25. The molecule has 0 aromatic heterocycles. The minimum Gasteiger partial charge on any atom is -0.478 e. The number of sulfonamides is 1. The van der Waals surface area contributed by atoms with Crippen LogP contribution in [0.4, 0.5) is 0 Å². The number of carbonyl (C=O) groups is 1. The van der Waals surface area contributed by atoms with Gasteiger partial charge in [-0.1, -0.05) is 23.3 Å². The van der Waals surface area contributed by atoms with Crippen LogP contribution in [0, 0.1) is 0 Å². The van der Waals surface area contributed by atoms with Crippen molar-refractivity contribution in [2.45, 2.75) is 18.2 Å². The first-order valence-electron chi connectivity index (χ1n) is 6.01. The minimum atomic E-state index is -3.64. The number of hydrogen-bond donors (Lipinski definition) is 1. The molecule has 0 bridgehead atoms. The van der Waals surface area contributed by atoms with Crippen molar-refractivity contribution in [2.75, 3.05) is 13.1 Å². The lowest BCUT2D eigenvalue weighted by atomic mass is 10.1. The number of rotatable bonds is 3. The van der Waals surface area contributed by atoms with Crippen molar-refractivity contribution in [3.05, 3.63) is 40.4 Å². The topological polar surface area (TPSA) is 74.7 Å². The molecular formula is C13H14ClNO4S. The van der Waals surface area contributed by atoms with Gasteiger partial charge in [0.2, 0.25) is 10.0 Å². The summed E-state index contributed by atoms with van der Waals surface area (Å²) < 4.78 is 26.2. The van der Waals surface area contributed by atoms with Crippen LogP contribution in [0.15, 0.2) is 34.7 Å². The van der Waals surface area contributed by atoms with E-state index in [9.17, 15) is 13.2 Å². The number of nitrogens with zero attached hydrogens (tertiary/aromatic N) is 1. The van der Waals surface area contributed by atoms with Gasteiger partial charge in [-0.3, -0.25) is 0 Å². The maximum absolute atomic E-state index is 12.4. The number of hydrogen-bond acceptors (Lipinski definition) is 3. The van der Waals surface area contributed by atoms with Crippen molar-refractivity contribution >= 4 is 27.6 Å². The van der Waals surface area contributed by atoms with Crippen molar-refractivity contribution in [3.63, 3.8) is 0 Å². The Hall–Kier alpha value is -1.37. The molecule has 1 aliphatic heterocycles. The predicted molar refractivity (Wildman–Crippen MR) is 75.5 cm³/mol. The van der Waals surface area contributed by atoms with Gasteiger partial charge >= 0.3 is 5.97 Å². The Morgan fingerprint density at radius 1 is 1.40 bits per heavy atom. The molecule has 1 aromatic rings. The van der Waals surface area contributed by atoms with E-state index in [0.717, 1.165) is 5.57 Å². The van der Waals surface area contributed by atoms with Gasteiger partial charge in [0, 0.05) is 13.1 Å². The van der Waals surface area contributed by atoms with Crippen molar-refractivity contribution in [1.29, 1.82) is 0 Å². The number of aromatic carboxylic acids is 1. The molecule has 0 atom stereocenters. The Bertz CT molecular complexity index is 682. The van der Waals surface area contributed by atoms with E-state index in [1.54, 1.807) is 0 Å². The van der Waals surface area contributed by atoms with Gasteiger partial charge in [-0.2, -0.15) is 4.31 Å². The smallest absolute Gasteiger partial charge is 0.337 e. The number of halogens is 1. The Labute approximate surface area is 122 Å². The van der Waals surface area contributed by atoms with Gasteiger partial charge in [0.25, 0.3) is 0 Å². The maximum Gasteiger partial charge on any atom is 0.337 e. The molecule has 0 amide bonds. The minimum absolute atomic E-state index is 0.0143. The molecule has 20 heavy (non-hydrogen) atoms. The van der Waals surface area contributed by atoms with Crippen LogP contribution in [0.5, 0.6) is 0 Å². The first-order chi connectivity index (χ1) is 9.32. The fourth-order valence-corrected chi connectivity index (χ4v) is 3.68. The summed E-state index contributed by atoms with van der Waals surface area (Å²) >= 11 is 5.82. The lowest BCUT2D eigenvalue weighted by molar-refractivity contribution is 0.0697. The highest BCUT2D eigenvalue weighted by molar-refractivity contribution is 7.89. The van der Waals surface area contributed by atoms with Crippen molar-refractivity contribution in [2.24, 2.45) is 0 Å². The van der Waals surface area contributed by atoms with Gasteiger partial charge < -0.3 is 5.11 Å². The second kappa shape index (κ2) is 5.55. The summed E-state index contributed by atoms with van der Waals surface area (Å²) in [6.45, 7) is 2.71. The molecule has 0 aliphatic carbocycles. The SMILES string of the molecule is CC1=CCN(S(=O)(=O)c2ccc(C(=O)O)c(Cl)c2)CC1. The molecular weight excluding hydrogens is 302 g/mol. The number of carboxylic acid groups (broad SMARTS) is 1. The Morgan fingerprint density at radius 3 is 2.60 bits per heavy atom. The van der Waals surface area contributed by atoms with Crippen LogP contribution in [0.1, 0.15) is 23.7 Å². The van der Waals surface area contributed by atoms with Gasteiger partial charge in [-0.05, 0) is 31.5 Å². The molecule has 0 unspecified atom stereocenters. The third-order valence-corrected chi connectivity index (χ3v) is 5.38. The van der Waals surface area contributed by atoms with Crippen LogP contribution in [0.3, 0.4) is 0 Å². The molecule has 1 aliphatic rings. The van der Waals surface area contributed by atoms with E-state index in [0.29, 0.717) is 19.5 Å². The lowest BCUT2D eigenvalue weighted by Crippen LogP contribution is -2.34. The average molecular weight is 316 g/mol. The maximum atomic E-state index is 12.4. The zero-order valence-electron chi connectivity index (χ0n) is 10.8. The zero-order chi connectivity index (χ0) is 14.9. The van der Waals surface area contributed by atoms with Crippen LogP contribution in [-0.4, -0.2) is 36.9 Å². The molecule has 1 heterocycles. The normalized spacial score (nSPS) is 16.8. The van der Waals surface area contributed by atoms with Crippen LogP contribution in [0.2, 0.25) is 5.02 Å². The molecule has 7 heteroatoms. The summed E-state index contributed by atoms with van der Waals surface area (Å²) in [5.74, 6) is -1.18. The number of benzene rings is 1. The summed E-state index contributed by atoms with van der Waals surface area (Å²) in [4.78, 5) is 10.9. The predicted octanol–water partition coefficient (Wildman–Crippen LogP) is 2.38. The van der Waals surface area contributed by atoms with Gasteiger partial charge in [-0.25, -0.2) is 13.2 Å². The Kier molecular flexibility index (Phi) is 4.17. The highest BCUT2D eigenvalue weighted by atomic mass is 35.5. The first-order valence-corrected chi connectivity index (χ1v) is 7.83. The van der Waals surface area contributed by atoms with Crippen LogP contribution in [-0.2, 0) is 10.0 Å². The van der Waals surface area contributed by atoms with E-state index in [2.05, 4.69) is 0 Å². The standard InChI is InChI=1S/C13H14ClNO4S/c1-9-4-6-15(7-5-9)20(18,19)10-2-3-11(13(16)17)12(14)8-10/h2-4,8H,5-7H2,1H3,(H,16,17). The van der Waals surface area contributed by atoms with E-state index >= 15 is 0 Å². The summed E-state index contributed by atoms with van der Waals surface area (Å²) in [6, 6.07) is 3.67. The van der Waals surface area contributed by atoms with Gasteiger partial charge in [0.15, 0.2) is 0 Å². The van der Waals surface area contributed by atoms with E-state index in [1.807, 2.05) is 13.0 Å². The molecule has 0 fully saturated rings. The van der Waals surface area contributed by atoms with Crippen molar-refractivity contribution < 1.29 is 18.3 Å². The molecule has 1 aromatic carbocycles. The largest absolute Gasteiger partial charge is 0.478 e. The van der Waals surface area contributed by atoms with E-state index in [1.165, 1.54) is 22.5 Å². The third-order valence-electron chi connectivity index (χ3n) is 3.21. The molecule has 1 N–H and O–H groups in total. The third kappa shape index (κ3) is 2.87. The number of carboxylic acids is 1. The summed E-state index contributed by atoms with van der Waals surface area (Å²) in [6.07, 6.45) is 2.56. The summed E-state index contributed by atoms with van der Waals surface area (Å²) in [5, 5.41) is 8.80. The van der Waals surface area contributed by atoms with E-state index in [4.69, 9.17) is 16.7 Å². The molecule has 0 spiro atoms. The highest BCUT2D eigenvalue weighted by Gasteiger charge is 2.26. The van der Waals surface area contributed by atoms with Gasteiger partial charge in [-0.15, -0.1) is 0 Å². The molecule has 2 rings (SSSR count). The molecule has 0 radical (unpaired) electrons. The fraction of sp³-hybridized carbons (Fsp3) is 0.308. The molecule has 108 valence electrons.